The van der Waals surface area contributed by atoms with Gasteiger partial charge in [0.1, 0.15) is 12.3 Å². The van der Waals surface area contributed by atoms with Gasteiger partial charge in [-0.25, -0.2) is 0 Å². The van der Waals surface area contributed by atoms with Gasteiger partial charge in [0.05, 0.1) is 24.8 Å². The van der Waals surface area contributed by atoms with Crippen LogP contribution in [0.3, 0.4) is 0 Å². The second-order valence-corrected chi connectivity index (χ2v) is 5.49. The number of ether oxygens (including phenoxy) is 2. The van der Waals surface area contributed by atoms with Crippen molar-refractivity contribution >= 4 is 17.5 Å². The van der Waals surface area contributed by atoms with Crippen molar-refractivity contribution in [1.29, 1.82) is 0 Å². The van der Waals surface area contributed by atoms with E-state index in [1.165, 1.54) is 4.90 Å². The number of benzene rings is 1. The van der Waals surface area contributed by atoms with E-state index in [1.807, 2.05) is 18.2 Å². The predicted octanol–water partition coefficient (Wildman–Crippen LogP) is 1.10. The van der Waals surface area contributed by atoms with E-state index < -0.39 is 0 Å². The lowest BCUT2D eigenvalue weighted by molar-refractivity contribution is -0.124. The van der Waals surface area contributed by atoms with Crippen molar-refractivity contribution in [2.24, 2.45) is 0 Å². The summed E-state index contributed by atoms with van der Waals surface area (Å²) in [6.07, 6.45) is 2.38. The van der Waals surface area contributed by atoms with Crippen LogP contribution in [0.15, 0.2) is 24.3 Å². The van der Waals surface area contributed by atoms with E-state index in [0.29, 0.717) is 24.6 Å². The zero-order valence-corrected chi connectivity index (χ0v) is 12.4. The van der Waals surface area contributed by atoms with E-state index in [0.717, 1.165) is 19.4 Å². The Balaban J connectivity index is 1.64. The van der Waals surface area contributed by atoms with Gasteiger partial charge in [0.25, 0.3) is 0 Å². The Morgan fingerprint density at radius 3 is 3.00 bits per heavy atom. The molecule has 1 atom stereocenters. The number of hydrogen-bond donors (Lipinski definition) is 1. The largest absolute Gasteiger partial charge is 0.491 e. The lowest BCUT2D eigenvalue weighted by Crippen LogP contribution is -2.42. The monoisotopic (exact) mass is 304 g/mol. The first-order chi connectivity index (χ1) is 10.7. The third-order valence-electron chi connectivity index (χ3n) is 3.88. The number of hydrogen-bond acceptors (Lipinski definition) is 4. The Bertz CT molecular complexity index is 555. The lowest BCUT2D eigenvalue weighted by Gasteiger charge is -2.21. The van der Waals surface area contributed by atoms with Crippen molar-refractivity contribution < 1.29 is 19.1 Å². The molecule has 6 nitrogen and oxygen atoms in total. The van der Waals surface area contributed by atoms with Crippen LogP contribution in [0.25, 0.3) is 0 Å². The summed E-state index contributed by atoms with van der Waals surface area (Å²) in [6.45, 7) is 1.60. The van der Waals surface area contributed by atoms with Gasteiger partial charge >= 0.3 is 0 Å². The fraction of sp³-hybridized carbons (Fsp3) is 0.500. The van der Waals surface area contributed by atoms with Crippen molar-refractivity contribution in [2.45, 2.75) is 25.4 Å². The SMILES string of the molecule is O=C(CN1C(=O)CCOc2ccccc21)NC[C@H]1CCCO1. The van der Waals surface area contributed by atoms with Gasteiger partial charge in [0.2, 0.25) is 11.8 Å². The molecule has 1 aromatic carbocycles. The highest BCUT2D eigenvalue weighted by molar-refractivity contribution is 6.00. The summed E-state index contributed by atoms with van der Waals surface area (Å²) in [5, 5.41) is 2.85. The van der Waals surface area contributed by atoms with E-state index in [1.54, 1.807) is 6.07 Å². The van der Waals surface area contributed by atoms with Gasteiger partial charge < -0.3 is 14.8 Å². The van der Waals surface area contributed by atoms with E-state index in [9.17, 15) is 9.59 Å². The summed E-state index contributed by atoms with van der Waals surface area (Å²) in [7, 11) is 0. The number of carbonyl (C=O) groups excluding carboxylic acids is 2. The number of carbonyl (C=O) groups is 2. The molecule has 3 rings (SSSR count). The molecule has 0 radical (unpaired) electrons. The predicted molar refractivity (Wildman–Crippen MR) is 80.9 cm³/mol. The highest BCUT2D eigenvalue weighted by Crippen LogP contribution is 2.30. The zero-order valence-electron chi connectivity index (χ0n) is 12.4. The van der Waals surface area contributed by atoms with Crippen LogP contribution >= 0.6 is 0 Å². The van der Waals surface area contributed by atoms with Crippen molar-refractivity contribution in [2.75, 3.05) is 31.2 Å². The second kappa shape index (κ2) is 6.79. The number of amides is 2. The van der Waals surface area contributed by atoms with Gasteiger partial charge in [-0.15, -0.1) is 0 Å². The van der Waals surface area contributed by atoms with Gasteiger partial charge in [0, 0.05) is 13.2 Å². The molecule has 2 aliphatic rings. The van der Waals surface area contributed by atoms with Gasteiger partial charge in [-0.2, -0.15) is 0 Å². The Kier molecular flexibility index (Phi) is 4.58. The smallest absolute Gasteiger partial charge is 0.240 e. The summed E-state index contributed by atoms with van der Waals surface area (Å²) >= 11 is 0. The van der Waals surface area contributed by atoms with Crippen LogP contribution in [0.2, 0.25) is 0 Å². The van der Waals surface area contributed by atoms with Crippen molar-refractivity contribution in [3.8, 4) is 5.75 Å². The highest BCUT2D eigenvalue weighted by atomic mass is 16.5. The molecule has 1 saturated heterocycles. The van der Waals surface area contributed by atoms with E-state index in [4.69, 9.17) is 9.47 Å². The fourth-order valence-electron chi connectivity index (χ4n) is 2.73. The summed E-state index contributed by atoms with van der Waals surface area (Å²) in [5.74, 6) is 0.359. The van der Waals surface area contributed by atoms with E-state index >= 15 is 0 Å². The number of para-hydroxylation sites is 2. The molecule has 0 unspecified atom stereocenters. The maximum absolute atomic E-state index is 12.2. The van der Waals surface area contributed by atoms with E-state index in [2.05, 4.69) is 5.32 Å². The van der Waals surface area contributed by atoms with Gasteiger partial charge in [0.15, 0.2) is 0 Å². The minimum absolute atomic E-state index is 0.00588. The molecule has 0 saturated carbocycles. The van der Waals surface area contributed by atoms with Crippen molar-refractivity contribution in [3.05, 3.63) is 24.3 Å². The average molecular weight is 304 g/mol. The molecule has 1 aromatic rings. The van der Waals surface area contributed by atoms with Crippen LogP contribution < -0.4 is 15.0 Å². The third kappa shape index (κ3) is 3.39. The number of fused-ring (bicyclic) bond motifs is 1. The third-order valence-corrected chi connectivity index (χ3v) is 3.88. The molecule has 1 N–H and O–H groups in total. The summed E-state index contributed by atoms with van der Waals surface area (Å²) in [5.41, 5.74) is 0.650. The molecule has 0 aromatic heterocycles. The first-order valence-corrected chi connectivity index (χ1v) is 7.64. The molecule has 2 amide bonds. The number of rotatable bonds is 4. The first kappa shape index (κ1) is 14.8. The van der Waals surface area contributed by atoms with Crippen molar-refractivity contribution in [3.63, 3.8) is 0 Å². The quantitative estimate of drug-likeness (QED) is 0.904. The van der Waals surface area contributed by atoms with Crippen LogP contribution in [0.1, 0.15) is 19.3 Å². The molecule has 2 heterocycles. The molecule has 2 aliphatic heterocycles. The van der Waals surface area contributed by atoms with Crippen LogP contribution in [0, 0.1) is 0 Å². The Hall–Kier alpha value is -2.08. The maximum atomic E-state index is 12.2. The van der Waals surface area contributed by atoms with Crippen LogP contribution in [0.4, 0.5) is 5.69 Å². The molecule has 0 spiro atoms. The van der Waals surface area contributed by atoms with Crippen molar-refractivity contribution in [1.82, 2.24) is 5.32 Å². The maximum Gasteiger partial charge on any atom is 0.240 e. The summed E-state index contributed by atoms with van der Waals surface area (Å²) in [4.78, 5) is 25.8. The normalized spacial score (nSPS) is 21.0. The highest BCUT2D eigenvalue weighted by Gasteiger charge is 2.25. The van der Waals surface area contributed by atoms with Gasteiger partial charge in [-0.1, -0.05) is 12.1 Å². The average Bonchev–Trinajstić information content (AvgIpc) is 2.99. The van der Waals surface area contributed by atoms with Gasteiger partial charge in [-0.05, 0) is 25.0 Å². The fourth-order valence-corrected chi connectivity index (χ4v) is 2.73. The number of anilines is 1. The van der Waals surface area contributed by atoms with E-state index in [-0.39, 0.29) is 30.9 Å². The minimum Gasteiger partial charge on any atom is -0.491 e. The summed E-state index contributed by atoms with van der Waals surface area (Å²) in [6, 6.07) is 7.29. The molecule has 1 fully saturated rings. The topological polar surface area (TPSA) is 67.9 Å². The number of nitrogens with one attached hydrogen (secondary N) is 1. The number of nitrogens with zero attached hydrogens (tertiary/aromatic N) is 1. The Labute approximate surface area is 129 Å². The molecule has 6 heteroatoms. The second-order valence-electron chi connectivity index (χ2n) is 5.49. The standard InChI is InChI=1S/C16H20N2O4/c19-15(17-10-12-4-3-8-21-12)11-18-13-5-1-2-6-14(13)22-9-7-16(18)20/h1-2,5-6,12H,3-4,7-11H2,(H,17,19)/t12-/m1/s1. The Morgan fingerprint density at radius 1 is 1.32 bits per heavy atom. The lowest BCUT2D eigenvalue weighted by atomic mass is 10.2. The minimum atomic E-state index is -0.180. The molecular weight excluding hydrogens is 284 g/mol. The molecule has 0 bridgehead atoms. The first-order valence-electron chi connectivity index (χ1n) is 7.64. The van der Waals surface area contributed by atoms with Crippen LogP contribution in [-0.4, -0.2) is 44.2 Å². The summed E-state index contributed by atoms with van der Waals surface area (Å²) < 4.78 is 11.0. The Morgan fingerprint density at radius 2 is 2.18 bits per heavy atom. The zero-order chi connectivity index (χ0) is 15.4. The molecule has 22 heavy (non-hydrogen) atoms. The van der Waals surface area contributed by atoms with Crippen LogP contribution in [-0.2, 0) is 14.3 Å². The molecular formula is C16H20N2O4. The van der Waals surface area contributed by atoms with Gasteiger partial charge in [-0.3, -0.25) is 14.5 Å². The molecule has 118 valence electrons. The van der Waals surface area contributed by atoms with Crippen LogP contribution in [0.5, 0.6) is 5.75 Å². The molecule has 0 aliphatic carbocycles.